The van der Waals surface area contributed by atoms with Gasteiger partial charge in [-0.2, -0.15) is 0 Å². The van der Waals surface area contributed by atoms with Gasteiger partial charge in [0.15, 0.2) is 0 Å². The van der Waals surface area contributed by atoms with Crippen molar-refractivity contribution >= 4 is 6.09 Å². The lowest BCUT2D eigenvalue weighted by molar-refractivity contribution is 0.0492. The minimum absolute atomic E-state index is 0.225. The molecule has 1 amide bonds. The van der Waals surface area contributed by atoms with Crippen LogP contribution < -0.4 is 5.32 Å². The van der Waals surface area contributed by atoms with Crippen molar-refractivity contribution in [1.82, 2.24) is 10.2 Å². The third-order valence-corrected chi connectivity index (χ3v) is 3.23. The number of hydrogen-bond donors (Lipinski definition) is 2. The average Bonchev–Trinajstić information content (AvgIpc) is 2.32. The van der Waals surface area contributed by atoms with Crippen LogP contribution in [0.25, 0.3) is 0 Å². The molecule has 1 aliphatic heterocycles. The number of carbonyl (C=O) groups is 1. The van der Waals surface area contributed by atoms with E-state index < -0.39 is 5.60 Å². The summed E-state index contributed by atoms with van der Waals surface area (Å²) in [5, 5.41) is 11.8. The number of aliphatic hydroxyl groups is 1. The smallest absolute Gasteiger partial charge is 0.407 e. The minimum atomic E-state index is -0.451. The van der Waals surface area contributed by atoms with E-state index in [0.717, 1.165) is 25.9 Å². The number of carbonyl (C=O) groups excluding carboxylic acids is 1. The number of alkyl carbamates (subject to hydrolysis) is 1. The van der Waals surface area contributed by atoms with Gasteiger partial charge in [0.2, 0.25) is 0 Å². The summed E-state index contributed by atoms with van der Waals surface area (Å²) in [5.74, 6) is 0. The fourth-order valence-electron chi connectivity index (χ4n) is 2.37. The molecule has 1 unspecified atom stereocenters. The van der Waals surface area contributed by atoms with Crippen LogP contribution in [-0.2, 0) is 4.74 Å². The van der Waals surface area contributed by atoms with E-state index in [4.69, 9.17) is 9.84 Å². The van der Waals surface area contributed by atoms with Gasteiger partial charge in [0.1, 0.15) is 5.60 Å². The van der Waals surface area contributed by atoms with E-state index in [9.17, 15) is 4.79 Å². The highest BCUT2D eigenvalue weighted by Gasteiger charge is 2.23. The summed E-state index contributed by atoms with van der Waals surface area (Å²) in [7, 11) is 0. The van der Waals surface area contributed by atoms with Crippen molar-refractivity contribution in [1.29, 1.82) is 0 Å². The maximum atomic E-state index is 11.6. The van der Waals surface area contributed by atoms with E-state index in [2.05, 4.69) is 10.2 Å². The molecule has 1 heterocycles. The minimum Gasteiger partial charge on any atom is -0.444 e. The van der Waals surface area contributed by atoms with Crippen LogP contribution in [0, 0.1) is 0 Å². The summed E-state index contributed by atoms with van der Waals surface area (Å²) >= 11 is 0. The first kappa shape index (κ1) is 16.2. The van der Waals surface area contributed by atoms with Crippen LogP contribution in [0.1, 0.15) is 46.5 Å². The van der Waals surface area contributed by atoms with Gasteiger partial charge in [0.25, 0.3) is 0 Å². The normalized spacial score (nSPS) is 21.2. The van der Waals surface area contributed by atoms with Gasteiger partial charge < -0.3 is 15.2 Å². The Morgan fingerprint density at radius 3 is 2.79 bits per heavy atom. The molecule has 112 valence electrons. The Morgan fingerprint density at radius 1 is 1.42 bits per heavy atom. The van der Waals surface area contributed by atoms with Gasteiger partial charge in [-0.05, 0) is 46.6 Å². The summed E-state index contributed by atoms with van der Waals surface area (Å²) in [6, 6.07) is 0.368. The number of piperidine rings is 1. The van der Waals surface area contributed by atoms with E-state index in [1.807, 2.05) is 20.8 Å². The predicted octanol–water partition coefficient (Wildman–Crippen LogP) is 1.75. The number of likely N-dealkylation sites (tertiary alicyclic amines) is 1. The van der Waals surface area contributed by atoms with Gasteiger partial charge in [-0.15, -0.1) is 0 Å². The Labute approximate surface area is 116 Å². The van der Waals surface area contributed by atoms with E-state index in [1.165, 1.54) is 12.8 Å². The van der Waals surface area contributed by atoms with Gasteiger partial charge in [-0.1, -0.05) is 6.42 Å². The van der Waals surface area contributed by atoms with Crippen molar-refractivity contribution in [3.63, 3.8) is 0 Å². The average molecular weight is 272 g/mol. The van der Waals surface area contributed by atoms with Gasteiger partial charge in [-0.25, -0.2) is 4.79 Å². The van der Waals surface area contributed by atoms with Crippen molar-refractivity contribution in [3.8, 4) is 0 Å². The second-order valence-electron chi connectivity index (χ2n) is 6.15. The first-order chi connectivity index (χ1) is 8.92. The molecule has 0 bridgehead atoms. The summed E-state index contributed by atoms with van der Waals surface area (Å²) in [5.41, 5.74) is -0.451. The van der Waals surface area contributed by atoms with Gasteiger partial charge in [0.05, 0.1) is 0 Å². The zero-order valence-corrected chi connectivity index (χ0v) is 12.4. The van der Waals surface area contributed by atoms with Crippen LogP contribution in [0.4, 0.5) is 4.79 Å². The predicted molar refractivity (Wildman–Crippen MR) is 75.2 cm³/mol. The Balaban J connectivity index is 2.34. The van der Waals surface area contributed by atoms with E-state index in [1.54, 1.807) is 0 Å². The first-order valence-electron chi connectivity index (χ1n) is 7.24. The number of nitrogens with one attached hydrogen (secondary N) is 1. The standard InChI is InChI=1S/C14H28N2O3/c1-14(2,3)19-13(18)15-11-12-7-4-5-8-16(12)9-6-10-17/h12,17H,4-11H2,1-3H3,(H,15,18). The molecular formula is C14H28N2O3. The Hall–Kier alpha value is -0.810. The highest BCUT2D eigenvalue weighted by Crippen LogP contribution is 2.16. The largest absolute Gasteiger partial charge is 0.444 e. The summed E-state index contributed by atoms with van der Waals surface area (Å²) in [6.07, 6.45) is 3.95. The van der Waals surface area contributed by atoms with Crippen molar-refractivity contribution in [2.24, 2.45) is 0 Å². The first-order valence-corrected chi connectivity index (χ1v) is 7.24. The maximum absolute atomic E-state index is 11.6. The Bertz CT molecular complexity index is 276. The van der Waals surface area contributed by atoms with Crippen molar-refractivity contribution in [2.75, 3.05) is 26.2 Å². The monoisotopic (exact) mass is 272 g/mol. The van der Waals surface area contributed by atoms with Crippen LogP contribution in [0.5, 0.6) is 0 Å². The van der Waals surface area contributed by atoms with Gasteiger partial charge in [-0.3, -0.25) is 4.90 Å². The molecule has 5 heteroatoms. The molecule has 19 heavy (non-hydrogen) atoms. The maximum Gasteiger partial charge on any atom is 0.407 e. The van der Waals surface area contributed by atoms with Crippen molar-refractivity contribution in [2.45, 2.75) is 58.1 Å². The third-order valence-electron chi connectivity index (χ3n) is 3.23. The molecule has 0 aromatic heterocycles. The third kappa shape index (κ3) is 6.78. The van der Waals surface area contributed by atoms with Crippen LogP contribution in [0.3, 0.4) is 0 Å². The Morgan fingerprint density at radius 2 is 2.16 bits per heavy atom. The summed E-state index contributed by atoms with van der Waals surface area (Å²) in [6.45, 7) is 8.39. The van der Waals surface area contributed by atoms with Gasteiger partial charge >= 0.3 is 6.09 Å². The fraction of sp³-hybridized carbons (Fsp3) is 0.929. The molecule has 0 aromatic rings. The molecule has 5 nitrogen and oxygen atoms in total. The molecule has 1 fully saturated rings. The van der Waals surface area contributed by atoms with Crippen LogP contribution >= 0.6 is 0 Å². The van der Waals surface area contributed by atoms with Gasteiger partial charge in [0, 0.05) is 25.7 Å². The Kier molecular flexibility index (Phi) is 6.58. The molecule has 0 spiro atoms. The molecule has 0 aromatic carbocycles. The van der Waals surface area contributed by atoms with Crippen molar-refractivity contribution < 1.29 is 14.6 Å². The number of ether oxygens (including phenoxy) is 1. The quantitative estimate of drug-likeness (QED) is 0.800. The zero-order valence-electron chi connectivity index (χ0n) is 12.4. The highest BCUT2D eigenvalue weighted by atomic mass is 16.6. The topological polar surface area (TPSA) is 61.8 Å². The van der Waals surface area contributed by atoms with Crippen LogP contribution in [0.15, 0.2) is 0 Å². The molecule has 0 radical (unpaired) electrons. The SMILES string of the molecule is CC(C)(C)OC(=O)NCC1CCCCN1CCCO. The molecule has 0 aliphatic carbocycles. The second kappa shape index (κ2) is 7.70. The van der Waals surface area contributed by atoms with Crippen LogP contribution in [-0.4, -0.2) is 54.0 Å². The number of aliphatic hydroxyl groups excluding tert-OH is 1. The lowest BCUT2D eigenvalue weighted by Crippen LogP contribution is -2.47. The second-order valence-corrected chi connectivity index (χ2v) is 6.15. The molecule has 1 aliphatic rings. The summed E-state index contributed by atoms with van der Waals surface area (Å²) in [4.78, 5) is 14.0. The number of amides is 1. The molecule has 1 saturated heterocycles. The van der Waals surface area contributed by atoms with Crippen LogP contribution in [0.2, 0.25) is 0 Å². The van der Waals surface area contributed by atoms with E-state index in [0.29, 0.717) is 12.6 Å². The number of hydrogen-bond acceptors (Lipinski definition) is 4. The number of nitrogens with zero attached hydrogens (tertiary/aromatic N) is 1. The van der Waals surface area contributed by atoms with E-state index in [-0.39, 0.29) is 12.7 Å². The lowest BCUT2D eigenvalue weighted by atomic mass is 10.0. The van der Waals surface area contributed by atoms with E-state index >= 15 is 0 Å². The molecule has 1 rings (SSSR count). The van der Waals surface area contributed by atoms with Crippen molar-refractivity contribution in [3.05, 3.63) is 0 Å². The zero-order chi connectivity index (χ0) is 14.3. The molecule has 1 atom stereocenters. The summed E-state index contributed by atoms with van der Waals surface area (Å²) < 4.78 is 5.24. The molecule has 0 saturated carbocycles. The highest BCUT2D eigenvalue weighted by molar-refractivity contribution is 5.67. The fourth-order valence-corrected chi connectivity index (χ4v) is 2.37. The molecule has 2 N–H and O–H groups in total. The number of rotatable bonds is 5. The molecular weight excluding hydrogens is 244 g/mol. The lowest BCUT2D eigenvalue weighted by Gasteiger charge is -2.35.